The maximum absolute atomic E-state index is 12.6. The highest BCUT2D eigenvalue weighted by Gasteiger charge is 1.93. The van der Waals surface area contributed by atoms with Crippen molar-refractivity contribution in [3.05, 3.63) is 47.8 Å². The van der Waals surface area contributed by atoms with E-state index in [1.807, 2.05) is 6.92 Å². The van der Waals surface area contributed by atoms with Gasteiger partial charge in [0.25, 0.3) is 0 Å². The number of rotatable bonds is 7. The van der Waals surface area contributed by atoms with Crippen molar-refractivity contribution in [3.63, 3.8) is 0 Å². The fraction of sp³-hybridized carbons (Fsp3) is 0.385. The molecule has 1 rings (SSSR count). The van der Waals surface area contributed by atoms with Crippen LogP contribution in [0.3, 0.4) is 0 Å². The maximum Gasteiger partial charge on any atom is 0.123 e. The Morgan fingerprint density at radius 3 is 2.69 bits per heavy atom. The molecule has 0 amide bonds. The SMILES string of the molecule is C=C(C)COCCNCc1ccc(F)cc1. The molecule has 0 spiro atoms. The van der Waals surface area contributed by atoms with Crippen molar-refractivity contribution in [3.8, 4) is 0 Å². The minimum atomic E-state index is -0.200. The molecule has 88 valence electrons. The number of hydrogen-bond donors (Lipinski definition) is 1. The Kier molecular flexibility index (Phi) is 5.75. The van der Waals surface area contributed by atoms with E-state index in [0.29, 0.717) is 13.2 Å². The first kappa shape index (κ1) is 12.9. The van der Waals surface area contributed by atoms with Gasteiger partial charge in [-0.2, -0.15) is 0 Å². The first-order valence-corrected chi connectivity index (χ1v) is 5.36. The van der Waals surface area contributed by atoms with Crippen molar-refractivity contribution in [1.29, 1.82) is 0 Å². The Morgan fingerprint density at radius 1 is 1.38 bits per heavy atom. The molecule has 1 N–H and O–H groups in total. The largest absolute Gasteiger partial charge is 0.376 e. The molecule has 2 nitrogen and oxygen atoms in total. The Labute approximate surface area is 96.1 Å². The lowest BCUT2D eigenvalue weighted by atomic mass is 10.2. The number of ether oxygens (including phenoxy) is 1. The van der Waals surface area contributed by atoms with Gasteiger partial charge in [0.2, 0.25) is 0 Å². The molecule has 0 unspecified atom stereocenters. The summed E-state index contributed by atoms with van der Waals surface area (Å²) in [5.41, 5.74) is 2.10. The molecule has 0 aliphatic heterocycles. The van der Waals surface area contributed by atoms with Gasteiger partial charge in [-0.1, -0.05) is 24.3 Å². The van der Waals surface area contributed by atoms with E-state index in [1.165, 1.54) is 12.1 Å². The van der Waals surface area contributed by atoms with Gasteiger partial charge in [-0.25, -0.2) is 4.39 Å². The number of benzene rings is 1. The summed E-state index contributed by atoms with van der Waals surface area (Å²) in [5.74, 6) is -0.200. The standard InChI is InChI=1S/C13H18FNO/c1-11(2)10-16-8-7-15-9-12-3-5-13(14)6-4-12/h3-6,15H,1,7-10H2,2H3. The molecule has 0 heterocycles. The van der Waals surface area contributed by atoms with Crippen LogP contribution < -0.4 is 5.32 Å². The first-order chi connectivity index (χ1) is 7.68. The minimum absolute atomic E-state index is 0.200. The van der Waals surface area contributed by atoms with Gasteiger partial charge in [-0.15, -0.1) is 0 Å². The van der Waals surface area contributed by atoms with Crippen molar-refractivity contribution >= 4 is 0 Å². The van der Waals surface area contributed by atoms with Gasteiger partial charge in [0.05, 0.1) is 13.2 Å². The molecule has 16 heavy (non-hydrogen) atoms. The van der Waals surface area contributed by atoms with Crippen LogP contribution >= 0.6 is 0 Å². The highest BCUT2D eigenvalue weighted by molar-refractivity contribution is 5.15. The number of nitrogens with one attached hydrogen (secondary N) is 1. The van der Waals surface area contributed by atoms with Gasteiger partial charge in [0.1, 0.15) is 5.82 Å². The predicted molar refractivity (Wildman–Crippen MR) is 63.7 cm³/mol. The highest BCUT2D eigenvalue weighted by atomic mass is 19.1. The molecule has 3 heteroatoms. The zero-order chi connectivity index (χ0) is 11.8. The van der Waals surface area contributed by atoms with E-state index in [4.69, 9.17) is 4.74 Å². The molecule has 0 radical (unpaired) electrons. The number of hydrogen-bond acceptors (Lipinski definition) is 2. The van der Waals surface area contributed by atoms with E-state index in [-0.39, 0.29) is 5.82 Å². The Morgan fingerprint density at radius 2 is 2.06 bits per heavy atom. The lowest BCUT2D eigenvalue weighted by Gasteiger charge is -2.06. The van der Waals surface area contributed by atoms with E-state index in [1.54, 1.807) is 12.1 Å². The zero-order valence-corrected chi connectivity index (χ0v) is 9.63. The molecule has 0 bridgehead atoms. The minimum Gasteiger partial charge on any atom is -0.376 e. The zero-order valence-electron chi connectivity index (χ0n) is 9.63. The molecule has 1 aromatic carbocycles. The highest BCUT2D eigenvalue weighted by Crippen LogP contribution is 2.01. The van der Waals surface area contributed by atoms with Crippen molar-refractivity contribution in [2.75, 3.05) is 19.8 Å². The van der Waals surface area contributed by atoms with Gasteiger partial charge >= 0.3 is 0 Å². The van der Waals surface area contributed by atoms with Crippen LogP contribution in [0, 0.1) is 5.82 Å². The quantitative estimate of drug-likeness (QED) is 0.566. The van der Waals surface area contributed by atoms with Crippen LogP contribution in [0.1, 0.15) is 12.5 Å². The molecular formula is C13H18FNO. The summed E-state index contributed by atoms with van der Waals surface area (Å²) < 4.78 is 17.9. The van der Waals surface area contributed by atoms with Gasteiger partial charge in [-0.3, -0.25) is 0 Å². The van der Waals surface area contributed by atoms with Crippen molar-refractivity contribution in [1.82, 2.24) is 5.32 Å². The molecule has 0 saturated heterocycles. The Hall–Kier alpha value is -1.19. The van der Waals surface area contributed by atoms with E-state index in [0.717, 1.165) is 24.2 Å². The molecule has 0 fully saturated rings. The van der Waals surface area contributed by atoms with Crippen LogP contribution in [0.25, 0.3) is 0 Å². The molecule has 0 atom stereocenters. The van der Waals surface area contributed by atoms with E-state index >= 15 is 0 Å². The van der Waals surface area contributed by atoms with Gasteiger partial charge < -0.3 is 10.1 Å². The molecule has 0 aliphatic carbocycles. The topological polar surface area (TPSA) is 21.3 Å². The monoisotopic (exact) mass is 223 g/mol. The maximum atomic E-state index is 12.6. The second-order valence-corrected chi connectivity index (χ2v) is 3.81. The fourth-order valence-corrected chi connectivity index (χ4v) is 1.23. The Bertz CT molecular complexity index is 321. The summed E-state index contributed by atoms with van der Waals surface area (Å²) in [6, 6.07) is 6.48. The summed E-state index contributed by atoms with van der Waals surface area (Å²) in [4.78, 5) is 0. The molecular weight excluding hydrogens is 205 g/mol. The van der Waals surface area contributed by atoms with Gasteiger partial charge in [0, 0.05) is 13.1 Å². The van der Waals surface area contributed by atoms with E-state index in [2.05, 4.69) is 11.9 Å². The second-order valence-electron chi connectivity index (χ2n) is 3.81. The summed E-state index contributed by atoms with van der Waals surface area (Å²) in [6.45, 7) is 8.47. The lowest BCUT2D eigenvalue weighted by Crippen LogP contribution is -2.19. The van der Waals surface area contributed by atoms with Crippen LogP contribution in [-0.2, 0) is 11.3 Å². The normalized spacial score (nSPS) is 10.4. The van der Waals surface area contributed by atoms with Crippen LogP contribution in [0.5, 0.6) is 0 Å². The summed E-state index contributed by atoms with van der Waals surface area (Å²) >= 11 is 0. The van der Waals surface area contributed by atoms with Crippen molar-refractivity contribution < 1.29 is 9.13 Å². The van der Waals surface area contributed by atoms with Gasteiger partial charge in [0.15, 0.2) is 0 Å². The van der Waals surface area contributed by atoms with Crippen molar-refractivity contribution in [2.45, 2.75) is 13.5 Å². The second kappa shape index (κ2) is 7.14. The van der Waals surface area contributed by atoms with Crippen LogP contribution in [-0.4, -0.2) is 19.8 Å². The van der Waals surface area contributed by atoms with Crippen LogP contribution in [0.15, 0.2) is 36.4 Å². The summed E-state index contributed by atoms with van der Waals surface area (Å²) in [7, 11) is 0. The first-order valence-electron chi connectivity index (χ1n) is 5.36. The molecule has 0 saturated carbocycles. The average molecular weight is 223 g/mol. The van der Waals surface area contributed by atoms with Crippen LogP contribution in [0.4, 0.5) is 4.39 Å². The third-order valence-electron chi connectivity index (χ3n) is 2.01. The molecule has 0 aromatic heterocycles. The van der Waals surface area contributed by atoms with E-state index in [9.17, 15) is 4.39 Å². The lowest BCUT2D eigenvalue weighted by molar-refractivity contribution is 0.158. The fourth-order valence-electron chi connectivity index (χ4n) is 1.23. The predicted octanol–water partition coefficient (Wildman–Crippen LogP) is 2.51. The average Bonchev–Trinajstić information content (AvgIpc) is 2.25. The molecule has 1 aromatic rings. The Balaban J connectivity index is 2.07. The summed E-state index contributed by atoms with van der Waals surface area (Å²) in [6.07, 6.45) is 0. The number of halogens is 1. The third-order valence-corrected chi connectivity index (χ3v) is 2.01. The van der Waals surface area contributed by atoms with E-state index < -0.39 is 0 Å². The third kappa shape index (κ3) is 5.63. The van der Waals surface area contributed by atoms with Crippen LogP contribution in [0.2, 0.25) is 0 Å². The van der Waals surface area contributed by atoms with Gasteiger partial charge in [-0.05, 0) is 24.6 Å². The molecule has 0 aliphatic rings. The smallest absolute Gasteiger partial charge is 0.123 e. The summed E-state index contributed by atoms with van der Waals surface area (Å²) in [5, 5.41) is 3.22. The van der Waals surface area contributed by atoms with Crippen molar-refractivity contribution in [2.24, 2.45) is 0 Å².